The molecule has 0 atom stereocenters. The van der Waals surface area contributed by atoms with Gasteiger partial charge in [0.25, 0.3) is 0 Å². The summed E-state index contributed by atoms with van der Waals surface area (Å²) in [5.74, 6) is -0.315. The maximum Gasteiger partial charge on any atom is 0.348 e. The maximum absolute atomic E-state index is 11.5. The highest BCUT2D eigenvalue weighted by molar-refractivity contribution is 7.11. The monoisotopic (exact) mass is 243 g/mol. The van der Waals surface area contributed by atoms with E-state index in [1.807, 2.05) is 17.5 Å². The molecule has 0 aliphatic rings. The first-order valence-corrected chi connectivity index (χ1v) is 5.87. The van der Waals surface area contributed by atoms with Crippen molar-refractivity contribution in [3.05, 3.63) is 57.8 Å². The summed E-state index contributed by atoms with van der Waals surface area (Å²) in [6.07, 6.45) is 0. The van der Waals surface area contributed by atoms with Gasteiger partial charge in [0.1, 0.15) is 11.5 Å². The van der Waals surface area contributed by atoms with Gasteiger partial charge in [0.15, 0.2) is 0 Å². The van der Waals surface area contributed by atoms with Gasteiger partial charge >= 0.3 is 5.97 Å². The van der Waals surface area contributed by atoms with Crippen LogP contribution in [0.25, 0.3) is 0 Å². The molecule has 3 nitrogen and oxygen atoms in total. The Morgan fingerprint density at radius 2 is 2.06 bits per heavy atom. The quantitative estimate of drug-likeness (QED) is 0.779. The van der Waals surface area contributed by atoms with Crippen LogP contribution in [0.3, 0.4) is 0 Å². The van der Waals surface area contributed by atoms with E-state index in [-0.39, 0.29) is 12.6 Å². The van der Waals surface area contributed by atoms with E-state index in [0.29, 0.717) is 10.4 Å². The number of nitriles is 1. The third kappa shape index (κ3) is 2.92. The Bertz CT molecular complexity index is 538. The van der Waals surface area contributed by atoms with Gasteiger partial charge in [-0.15, -0.1) is 11.3 Å². The van der Waals surface area contributed by atoms with Gasteiger partial charge in [0.05, 0.1) is 11.6 Å². The van der Waals surface area contributed by atoms with E-state index in [4.69, 9.17) is 10.00 Å². The first-order valence-electron chi connectivity index (χ1n) is 4.99. The molecule has 2 aromatic rings. The molecule has 0 unspecified atom stereocenters. The van der Waals surface area contributed by atoms with Crippen molar-refractivity contribution in [2.75, 3.05) is 0 Å². The van der Waals surface area contributed by atoms with Crippen LogP contribution in [0.1, 0.15) is 20.8 Å². The number of carbonyl (C=O) groups is 1. The second kappa shape index (κ2) is 5.28. The Hall–Kier alpha value is -2.12. The molecule has 1 aromatic heterocycles. The van der Waals surface area contributed by atoms with Gasteiger partial charge < -0.3 is 4.74 Å². The number of benzene rings is 1. The molecule has 0 aliphatic heterocycles. The predicted molar refractivity (Wildman–Crippen MR) is 64.6 cm³/mol. The molecular weight excluding hydrogens is 234 g/mol. The molecule has 0 saturated heterocycles. The Kier molecular flexibility index (Phi) is 3.53. The number of hydrogen-bond acceptors (Lipinski definition) is 4. The summed E-state index contributed by atoms with van der Waals surface area (Å²) in [6.45, 7) is 0.225. The average Bonchev–Trinajstić information content (AvgIpc) is 2.90. The third-order valence-corrected chi connectivity index (χ3v) is 3.03. The van der Waals surface area contributed by atoms with Crippen molar-refractivity contribution < 1.29 is 9.53 Å². The highest BCUT2D eigenvalue weighted by Gasteiger charge is 2.07. The smallest absolute Gasteiger partial charge is 0.348 e. The van der Waals surface area contributed by atoms with Crippen molar-refractivity contribution >= 4 is 17.3 Å². The number of carbonyl (C=O) groups excluding carboxylic acids is 1. The maximum atomic E-state index is 11.5. The van der Waals surface area contributed by atoms with Gasteiger partial charge in [-0.25, -0.2) is 4.79 Å². The lowest BCUT2D eigenvalue weighted by Crippen LogP contribution is -2.02. The van der Waals surface area contributed by atoms with Crippen molar-refractivity contribution in [1.29, 1.82) is 5.26 Å². The van der Waals surface area contributed by atoms with Crippen LogP contribution in [0.2, 0.25) is 0 Å². The Morgan fingerprint density at radius 1 is 1.29 bits per heavy atom. The van der Waals surface area contributed by atoms with E-state index in [0.717, 1.165) is 5.56 Å². The fourth-order valence-electron chi connectivity index (χ4n) is 1.29. The van der Waals surface area contributed by atoms with Crippen molar-refractivity contribution in [1.82, 2.24) is 0 Å². The topological polar surface area (TPSA) is 50.1 Å². The molecule has 0 radical (unpaired) electrons. The van der Waals surface area contributed by atoms with Crippen LogP contribution < -0.4 is 0 Å². The Labute approximate surface area is 103 Å². The van der Waals surface area contributed by atoms with Gasteiger partial charge in [0.2, 0.25) is 0 Å². The number of thiophene rings is 1. The zero-order valence-electron chi connectivity index (χ0n) is 8.92. The van der Waals surface area contributed by atoms with E-state index < -0.39 is 0 Å². The van der Waals surface area contributed by atoms with Gasteiger partial charge in [-0.3, -0.25) is 0 Å². The third-order valence-electron chi connectivity index (χ3n) is 2.18. The lowest BCUT2D eigenvalue weighted by atomic mass is 10.2. The van der Waals surface area contributed by atoms with Gasteiger partial charge in [0, 0.05) is 0 Å². The van der Waals surface area contributed by atoms with E-state index in [1.165, 1.54) is 11.3 Å². The number of nitrogens with zero attached hydrogens (tertiary/aromatic N) is 1. The van der Waals surface area contributed by atoms with Crippen molar-refractivity contribution in [3.63, 3.8) is 0 Å². The molecule has 84 valence electrons. The molecular formula is C13H9NO2S. The number of esters is 1. The average molecular weight is 243 g/mol. The van der Waals surface area contributed by atoms with Crippen molar-refractivity contribution in [3.8, 4) is 6.07 Å². The first-order chi connectivity index (χ1) is 8.29. The second-order valence-corrected chi connectivity index (χ2v) is 4.31. The van der Waals surface area contributed by atoms with E-state index in [1.54, 1.807) is 30.3 Å². The molecule has 1 aromatic carbocycles. The fraction of sp³-hybridized carbons (Fsp3) is 0.0769. The van der Waals surface area contributed by atoms with Crippen LogP contribution in [-0.4, -0.2) is 5.97 Å². The molecule has 17 heavy (non-hydrogen) atoms. The largest absolute Gasteiger partial charge is 0.457 e. The number of rotatable bonds is 3. The summed E-state index contributed by atoms with van der Waals surface area (Å²) in [7, 11) is 0. The van der Waals surface area contributed by atoms with Crippen LogP contribution >= 0.6 is 11.3 Å². The summed E-state index contributed by atoms with van der Waals surface area (Å²) in [4.78, 5) is 12.1. The minimum Gasteiger partial charge on any atom is -0.457 e. The lowest BCUT2D eigenvalue weighted by molar-refractivity contribution is 0.0478. The van der Waals surface area contributed by atoms with Gasteiger partial charge in [-0.1, -0.05) is 18.2 Å². The predicted octanol–water partition coefficient (Wildman–Crippen LogP) is 2.98. The normalized spacial score (nSPS) is 9.59. The number of hydrogen-bond donors (Lipinski definition) is 0. The van der Waals surface area contributed by atoms with Gasteiger partial charge in [-0.2, -0.15) is 5.26 Å². The van der Waals surface area contributed by atoms with E-state index >= 15 is 0 Å². The van der Waals surface area contributed by atoms with Crippen LogP contribution in [0, 0.1) is 11.3 Å². The van der Waals surface area contributed by atoms with Gasteiger partial charge in [-0.05, 0) is 29.1 Å². The summed E-state index contributed by atoms with van der Waals surface area (Å²) in [6, 6.07) is 12.5. The Morgan fingerprint density at radius 3 is 2.65 bits per heavy atom. The molecule has 2 rings (SSSR count). The molecule has 0 bridgehead atoms. The fourth-order valence-corrected chi connectivity index (χ4v) is 1.91. The molecule has 0 N–H and O–H groups in total. The minimum absolute atomic E-state index is 0.225. The van der Waals surface area contributed by atoms with Crippen LogP contribution in [0.4, 0.5) is 0 Å². The molecule has 0 aliphatic carbocycles. The lowest BCUT2D eigenvalue weighted by Gasteiger charge is -2.03. The molecule has 1 heterocycles. The molecule has 0 spiro atoms. The molecule has 4 heteroatoms. The summed E-state index contributed by atoms with van der Waals surface area (Å²) in [5.41, 5.74) is 1.47. The zero-order valence-corrected chi connectivity index (χ0v) is 9.74. The summed E-state index contributed by atoms with van der Waals surface area (Å²) >= 11 is 1.35. The minimum atomic E-state index is -0.315. The molecule has 0 amide bonds. The SMILES string of the molecule is N#Cc1ccc(COC(=O)c2cccs2)cc1. The highest BCUT2D eigenvalue weighted by atomic mass is 32.1. The molecule has 0 saturated carbocycles. The summed E-state index contributed by atoms with van der Waals surface area (Å²) < 4.78 is 5.13. The van der Waals surface area contributed by atoms with Crippen LogP contribution in [0.15, 0.2) is 41.8 Å². The summed E-state index contributed by atoms with van der Waals surface area (Å²) in [5, 5.41) is 10.5. The van der Waals surface area contributed by atoms with Crippen LogP contribution in [0.5, 0.6) is 0 Å². The van der Waals surface area contributed by atoms with Crippen LogP contribution in [-0.2, 0) is 11.3 Å². The number of ether oxygens (including phenoxy) is 1. The van der Waals surface area contributed by atoms with E-state index in [2.05, 4.69) is 0 Å². The van der Waals surface area contributed by atoms with Crippen molar-refractivity contribution in [2.45, 2.75) is 6.61 Å². The zero-order chi connectivity index (χ0) is 12.1. The Balaban J connectivity index is 1.94. The second-order valence-electron chi connectivity index (χ2n) is 3.36. The van der Waals surface area contributed by atoms with E-state index in [9.17, 15) is 4.79 Å². The molecule has 0 fully saturated rings. The standard InChI is InChI=1S/C13H9NO2S/c14-8-10-3-5-11(6-4-10)9-16-13(15)12-2-1-7-17-12/h1-7H,9H2. The first kappa shape index (κ1) is 11.4. The highest BCUT2D eigenvalue weighted by Crippen LogP contribution is 2.12. The van der Waals surface area contributed by atoms with Crippen molar-refractivity contribution in [2.24, 2.45) is 0 Å².